The molecule has 0 aliphatic rings. The summed E-state index contributed by atoms with van der Waals surface area (Å²) in [6.07, 6.45) is 59.5. The van der Waals surface area contributed by atoms with Crippen LogP contribution in [0.2, 0.25) is 0 Å². The summed E-state index contributed by atoms with van der Waals surface area (Å²) in [5.41, 5.74) is 0. The van der Waals surface area contributed by atoms with Gasteiger partial charge in [-0.05, 0) is 25.2 Å². The summed E-state index contributed by atoms with van der Waals surface area (Å²) in [6, 6.07) is 0. The zero-order chi connectivity index (χ0) is 48.1. The molecule has 392 valence electrons. The Bertz CT molecular complexity index is 996. The molecule has 0 aliphatic carbocycles. The summed E-state index contributed by atoms with van der Waals surface area (Å²) in [7, 11) is 0. The van der Waals surface area contributed by atoms with E-state index in [1.807, 2.05) is 0 Å². The van der Waals surface area contributed by atoms with Crippen LogP contribution in [0, 0.1) is 5.92 Å². The van der Waals surface area contributed by atoms with E-state index < -0.39 is 6.10 Å². The molecule has 0 amide bonds. The minimum Gasteiger partial charge on any atom is -0.462 e. The second-order valence-electron chi connectivity index (χ2n) is 21.1. The molecule has 0 heterocycles. The Kier molecular flexibility index (Phi) is 53.0. The van der Waals surface area contributed by atoms with Gasteiger partial charge in [-0.2, -0.15) is 0 Å². The summed E-state index contributed by atoms with van der Waals surface area (Å²) in [6.45, 7) is 9.05. The number of rotatable bonds is 55. The highest BCUT2D eigenvalue weighted by molar-refractivity contribution is 5.71. The van der Waals surface area contributed by atoms with Crippen LogP contribution in [-0.2, 0) is 28.6 Å². The molecule has 6 heteroatoms. The highest BCUT2D eigenvalue weighted by Crippen LogP contribution is 2.18. The van der Waals surface area contributed by atoms with Crippen molar-refractivity contribution in [2.45, 2.75) is 348 Å². The lowest BCUT2D eigenvalue weighted by Crippen LogP contribution is -2.30. The minimum atomic E-state index is -0.762. The van der Waals surface area contributed by atoms with Gasteiger partial charge in [0.05, 0.1) is 0 Å². The molecule has 0 N–H and O–H groups in total. The van der Waals surface area contributed by atoms with Gasteiger partial charge in [0.1, 0.15) is 13.2 Å². The van der Waals surface area contributed by atoms with Gasteiger partial charge in [-0.25, -0.2) is 0 Å². The van der Waals surface area contributed by atoms with Crippen LogP contribution >= 0.6 is 0 Å². The Hall–Kier alpha value is -1.59. The summed E-state index contributed by atoms with van der Waals surface area (Å²) < 4.78 is 16.9. The molecule has 0 aromatic heterocycles. The van der Waals surface area contributed by atoms with Crippen LogP contribution < -0.4 is 0 Å². The van der Waals surface area contributed by atoms with Crippen molar-refractivity contribution in [3.63, 3.8) is 0 Å². The topological polar surface area (TPSA) is 78.9 Å². The summed E-state index contributed by atoms with van der Waals surface area (Å²) in [4.78, 5) is 38.2. The first-order valence-electron chi connectivity index (χ1n) is 29.9. The number of esters is 3. The van der Waals surface area contributed by atoms with Gasteiger partial charge in [0, 0.05) is 19.3 Å². The fourth-order valence-electron chi connectivity index (χ4n) is 9.28. The maximum absolute atomic E-state index is 12.9. The van der Waals surface area contributed by atoms with Crippen molar-refractivity contribution in [1.82, 2.24) is 0 Å². The van der Waals surface area contributed by atoms with Crippen molar-refractivity contribution in [2.75, 3.05) is 13.2 Å². The molecule has 0 aromatic carbocycles. The first kappa shape index (κ1) is 64.4. The standard InChI is InChI=1S/C60H116O6/c1-5-7-9-11-13-15-17-19-21-23-25-27-29-31-37-41-45-49-53-60(63)66-57(55-65-59(62)52-48-44-40-36-33-32-34-38-42-46-50-56(3)4)54-64-58(61)51-47-43-39-35-30-28-26-24-22-20-18-16-14-12-10-8-6-2/h56-57H,5-55H2,1-4H3/t57-/m1/s1. The Labute approximate surface area is 412 Å². The lowest BCUT2D eigenvalue weighted by molar-refractivity contribution is -0.167. The highest BCUT2D eigenvalue weighted by atomic mass is 16.6. The van der Waals surface area contributed by atoms with E-state index in [0.717, 1.165) is 63.7 Å². The molecule has 0 fully saturated rings. The summed E-state index contributed by atoms with van der Waals surface area (Å²) in [5.74, 6) is -0.0156. The minimum absolute atomic E-state index is 0.0618. The molecule has 0 radical (unpaired) electrons. The smallest absolute Gasteiger partial charge is 0.306 e. The molecule has 0 saturated heterocycles. The predicted octanol–water partition coefficient (Wildman–Crippen LogP) is 19.8. The van der Waals surface area contributed by atoms with E-state index in [1.165, 1.54) is 238 Å². The fourth-order valence-corrected chi connectivity index (χ4v) is 9.28. The zero-order valence-electron chi connectivity index (χ0n) is 45.2. The van der Waals surface area contributed by atoms with E-state index in [9.17, 15) is 14.4 Å². The molecule has 0 aliphatic heterocycles. The van der Waals surface area contributed by atoms with Gasteiger partial charge in [-0.1, -0.05) is 304 Å². The number of ether oxygens (including phenoxy) is 3. The lowest BCUT2D eigenvalue weighted by Gasteiger charge is -2.18. The van der Waals surface area contributed by atoms with E-state index >= 15 is 0 Å². The lowest BCUT2D eigenvalue weighted by atomic mass is 10.0. The number of hydrogen-bond acceptors (Lipinski definition) is 6. The molecule has 0 unspecified atom stereocenters. The van der Waals surface area contributed by atoms with Crippen molar-refractivity contribution in [2.24, 2.45) is 5.92 Å². The van der Waals surface area contributed by atoms with Crippen molar-refractivity contribution in [3.05, 3.63) is 0 Å². The molecule has 66 heavy (non-hydrogen) atoms. The third kappa shape index (κ3) is 53.4. The molecule has 0 bridgehead atoms. The quantitative estimate of drug-likeness (QED) is 0.0343. The van der Waals surface area contributed by atoms with Crippen LogP contribution in [0.5, 0.6) is 0 Å². The largest absolute Gasteiger partial charge is 0.462 e. The summed E-state index contributed by atoms with van der Waals surface area (Å²) >= 11 is 0. The predicted molar refractivity (Wildman–Crippen MR) is 284 cm³/mol. The van der Waals surface area contributed by atoms with Crippen molar-refractivity contribution in [3.8, 4) is 0 Å². The monoisotopic (exact) mass is 933 g/mol. The van der Waals surface area contributed by atoms with E-state index in [2.05, 4.69) is 27.7 Å². The molecular weight excluding hydrogens is 817 g/mol. The second kappa shape index (κ2) is 54.4. The third-order valence-electron chi connectivity index (χ3n) is 13.8. The van der Waals surface area contributed by atoms with Crippen LogP contribution in [-0.4, -0.2) is 37.2 Å². The van der Waals surface area contributed by atoms with Crippen LogP contribution in [0.4, 0.5) is 0 Å². The van der Waals surface area contributed by atoms with Gasteiger partial charge in [0.25, 0.3) is 0 Å². The van der Waals surface area contributed by atoms with Gasteiger partial charge in [0.2, 0.25) is 0 Å². The number of unbranched alkanes of at least 4 members (excludes halogenated alkanes) is 42. The number of carbonyl (C=O) groups excluding carboxylic acids is 3. The van der Waals surface area contributed by atoms with Gasteiger partial charge >= 0.3 is 17.9 Å². The summed E-state index contributed by atoms with van der Waals surface area (Å²) in [5, 5.41) is 0. The molecule has 6 nitrogen and oxygen atoms in total. The average molecular weight is 934 g/mol. The van der Waals surface area contributed by atoms with Crippen LogP contribution in [0.15, 0.2) is 0 Å². The van der Waals surface area contributed by atoms with Gasteiger partial charge in [-0.15, -0.1) is 0 Å². The maximum Gasteiger partial charge on any atom is 0.306 e. The Morgan fingerprint density at radius 3 is 0.742 bits per heavy atom. The molecule has 0 saturated carbocycles. The van der Waals surface area contributed by atoms with Crippen LogP contribution in [0.25, 0.3) is 0 Å². The van der Waals surface area contributed by atoms with Gasteiger partial charge in [0.15, 0.2) is 6.10 Å². The molecule has 1 atom stereocenters. The van der Waals surface area contributed by atoms with E-state index in [-0.39, 0.29) is 31.1 Å². The van der Waals surface area contributed by atoms with Crippen molar-refractivity contribution in [1.29, 1.82) is 0 Å². The van der Waals surface area contributed by atoms with E-state index in [4.69, 9.17) is 14.2 Å². The third-order valence-corrected chi connectivity index (χ3v) is 13.8. The fraction of sp³-hybridized carbons (Fsp3) is 0.950. The molecule has 0 rings (SSSR count). The van der Waals surface area contributed by atoms with Crippen molar-refractivity contribution < 1.29 is 28.6 Å². The van der Waals surface area contributed by atoms with Gasteiger partial charge < -0.3 is 14.2 Å². The first-order valence-corrected chi connectivity index (χ1v) is 29.9. The van der Waals surface area contributed by atoms with E-state index in [0.29, 0.717) is 19.3 Å². The van der Waals surface area contributed by atoms with Crippen molar-refractivity contribution >= 4 is 17.9 Å². The van der Waals surface area contributed by atoms with E-state index in [1.54, 1.807) is 0 Å². The normalized spacial score (nSPS) is 12.0. The SMILES string of the molecule is CCCCCCCCCCCCCCCCCCCCC(=O)O[C@H](COC(=O)CCCCCCCCCCCCCCCCCCC)COC(=O)CCCCCCCCCCCCC(C)C. The molecule has 0 spiro atoms. The molecule has 0 aromatic rings. The Morgan fingerprint density at radius 2 is 0.500 bits per heavy atom. The average Bonchev–Trinajstić information content (AvgIpc) is 3.30. The zero-order valence-corrected chi connectivity index (χ0v) is 45.2. The second-order valence-corrected chi connectivity index (χ2v) is 21.1. The first-order chi connectivity index (χ1) is 32.4. The molecular formula is C60H116O6. The Balaban J connectivity index is 4.28. The maximum atomic E-state index is 12.9. The van der Waals surface area contributed by atoms with Crippen LogP contribution in [0.3, 0.4) is 0 Å². The van der Waals surface area contributed by atoms with Crippen LogP contribution in [0.1, 0.15) is 342 Å². The number of carbonyl (C=O) groups is 3. The van der Waals surface area contributed by atoms with Gasteiger partial charge in [-0.3, -0.25) is 14.4 Å². The highest BCUT2D eigenvalue weighted by Gasteiger charge is 2.19. The number of hydrogen-bond donors (Lipinski definition) is 0. The Morgan fingerprint density at radius 1 is 0.288 bits per heavy atom.